The summed E-state index contributed by atoms with van der Waals surface area (Å²) >= 11 is 1.54. The minimum Gasteiger partial charge on any atom is -0.298 e. The van der Waals surface area contributed by atoms with Crippen LogP contribution in [0.25, 0.3) is 0 Å². The molecule has 0 fully saturated rings. The Balaban J connectivity index is 2.13. The van der Waals surface area contributed by atoms with E-state index in [1.54, 1.807) is 6.07 Å². The van der Waals surface area contributed by atoms with Crippen LogP contribution in [0.2, 0.25) is 0 Å². The number of rotatable bonds is 4. The summed E-state index contributed by atoms with van der Waals surface area (Å²) in [5.41, 5.74) is 4.04. The standard InChI is InChI=1S/C16H15FOS/c1-11-3-12(2)5-14(4-11)10-19-16-7-13(9-18)6-15(17)8-16/h3-9H,10H2,1-2H3. The maximum atomic E-state index is 13.3. The number of hydrogen-bond acceptors (Lipinski definition) is 2. The van der Waals surface area contributed by atoms with Gasteiger partial charge in [-0.15, -0.1) is 11.8 Å². The SMILES string of the molecule is Cc1cc(C)cc(CSc2cc(F)cc(C=O)c2)c1. The third kappa shape index (κ3) is 3.93. The van der Waals surface area contributed by atoms with Gasteiger partial charge in [0.15, 0.2) is 0 Å². The van der Waals surface area contributed by atoms with Crippen LogP contribution in [0.1, 0.15) is 27.0 Å². The first-order valence-electron chi connectivity index (χ1n) is 6.02. The Labute approximate surface area is 116 Å². The van der Waals surface area contributed by atoms with E-state index in [2.05, 4.69) is 32.0 Å². The van der Waals surface area contributed by atoms with Crippen molar-refractivity contribution in [2.24, 2.45) is 0 Å². The first-order valence-corrected chi connectivity index (χ1v) is 7.01. The van der Waals surface area contributed by atoms with Crippen LogP contribution in [0, 0.1) is 19.7 Å². The predicted octanol–water partition coefficient (Wildman–Crippen LogP) is 4.55. The van der Waals surface area contributed by atoms with Crippen LogP contribution < -0.4 is 0 Å². The molecule has 0 radical (unpaired) electrons. The number of carbonyl (C=O) groups is 1. The van der Waals surface area contributed by atoms with Gasteiger partial charge < -0.3 is 0 Å². The molecular weight excluding hydrogens is 259 g/mol. The smallest absolute Gasteiger partial charge is 0.150 e. The lowest BCUT2D eigenvalue weighted by Crippen LogP contribution is -1.88. The van der Waals surface area contributed by atoms with Gasteiger partial charge >= 0.3 is 0 Å². The highest BCUT2D eigenvalue weighted by atomic mass is 32.2. The van der Waals surface area contributed by atoms with E-state index in [1.165, 1.54) is 40.6 Å². The molecule has 19 heavy (non-hydrogen) atoms. The Morgan fingerprint density at radius 1 is 1.05 bits per heavy atom. The molecule has 2 aromatic carbocycles. The molecule has 0 bridgehead atoms. The number of hydrogen-bond donors (Lipinski definition) is 0. The van der Waals surface area contributed by atoms with Crippen molar-refractivity contribution < 1.29 is 9.18 Å². The molecule has 2 rings (SSSR count). The second-order valence-corrected chi connectivity index (χ2v) is 5.67. The number of benzene rings is 2. The van der Waals surface area contributed by atoms with Gasteiger partial charge in [-0.05, 0) is 37.6 Å². The Morgan fingerprint density at radius 2 is 1.74 bits per heavy atom. The highest BCUT2D eigenvalue weighted by molar-refractivity contribution is 7.98. The summed E-state index contributed by atoms with van der Waals surface area (Å²) in [4.78, 5) is 11.5. The molecule has 0 saturated heterocycles. The third-order valence-corrected chi connectivity index (χ3v) is 3.76. The summed E-state index contributed by atoms with van der Waals surface area (Å²) in [5.74, 6) is 0.400. The molecule has 0 aliphatic carbocycles. The topological polar surface area (TPSA) is 17.1 Å². The molecule has 1 nitrogen and oxygen atoms in total. The molecule has 0 saturated carbocycles. The van der Waals surface area contributed by atoms with Crippen molar-refractivity contribution in [2.75, 3.05) is 0 Å². The molecule has 0 spiro atoms. The second-order valence-electron chi connectivity index (χ2n) is 4.62. The first-order chi connectivity index (χ1) is 9.06. The van der Waals surface area contributed by atoms with Crippen LogP contribution in [0.4, 0.5) is 4.39 Å². The lowest BCUT2D eigenvalue weighted by Gasteiger charge is -2.06. The maximum Gasteiger partial charge on any atom is 0.150 e. The lowest BCUT2D eigenvalue weighted by atomic mass is 10.1. The molecule has 3 heteroatoms. The van der Waals surface area contributed by atoms with Gasteiger partial charge in [0.1, 0.15) is 12.1 Å². The Hall–Kier alpha value is -1.61. The van der Waals surface area contributed by atoms with Crippen molar-refractivity contribution in [3.63, 3.8) is 0 Å². The third-order valence-electron chi connectivity index (χ3n) is 2.72. The van der Waals surface area contributed by atoms with E-state index in [9.17, 15) is 9.18 Å². The van der Waals surface area contributed by atoms with Crippen molar-refractivity contribution in [2.45, 2.75) is 24.5 Å². The van der Waals surface area contributed by atoms with Gasteiger partial charge in [-0.2, -0.15) is 0 Å². The van der Waals surface area contributed by atoms with E-state index >= 15 is 0 Å². The number of carbonyl (C=O) groups excluding carboxylic acids is 1. The van der Waals surface area contributed by atoms with E-state index in [0.717, 1.165) is 10.6 Å². The molecule has 2 aromatic rings. The molecular formula is C16H15FOS. The minimum atomic E-state index is -0.368. The van der Waals surface area contributed by atoms with Gasteiger partial charge in [-0.1, -0.05) is 29.3 Å². The molecule has 98 valence electrons. The van der Waals surface area contributed by atoms with Gasteiger partial charge in [0, 0.05) is 16.2 Å². The number of halogens is 1. The lowest BCUT2D eigenvalue weighted by molar-refractivity contribution is 0.112. The van der Waals surface area contributed by atoms with Gasteiger partial charge in [0.25, 0.3) is 0 Å². The van der Waals surface area contributed by atoms with Crippen LogP contribution in [-0.4, -0.2) is 6.29 Å². The van der Waals surface area contributed by atoms with Crippen LogP contribution >= 0.6 is 11.8 Å². The van der Waals surface area contributed by atoms with Crippen LogP contribution in [0.5, 0.6) is 0 Å². The second kappa shape index (κ2) is 6.02. The fraction of sp³-hybridized carbons (Fsp3) is 0.188. The number of aldehydes is 1. The zero-order chi connectivity index (χ0) is 13.8. The summed E-state index contributed by atoms with van der Waals surface area (Å²) in [7, 11) is 0. The highest BCUT2D eigenvalue weighted by Gasteiger charge is 2.03. The van der Waals surface area contributed by atoms with E-state index in [1.807, 2.05) is 0 Å². The summed E-state index contributed by atoms with van der Waals surface area (Å²) in [6.07, 6.45) is 0.671. The summed E-state index contributed by atoms with van der Waals surface area (Å²) in [6.45, 7) is 4.13. The Bertz CT molecular complexity index is 587. The zero-order valence-electron chi connectivity index (χ0n) is 10.9. The first kappa shape index (κ1) is 13.8. The predicted molar refractivity (Wildman–Crippen MR) is 77.3 cm³/mol. The number of aryl methyl sites for hydroxylation is 2. The molecule has 0 amide bonds. The quantitative estimate of drug-likeness (QED) is 0.601. The minimum absolute atomic E-state index is 0.368. The van der Waals surface area contributed by atoms with Gasteiger partial charge in [0.2, 0.25) is 0 Å². The van der Waals surface area contributed by atoms with Crippen LogP contribution in [-0.2, 0) is 5.75 Å². The van der Waals surface area contributed by atoms with Crippen molar-refractivity contribution in [3.05, 3.63) is 64.5 Å². The van der Waals surface area contributed by atoms with E-state index in [4.69, 9.17) is 0 Å². The summed E-state index contributed by atoms with van der Waals surface area (Å²) in [5, 5.41) is 0. The summed E-state index contributed by atoms with van der Waals surface area (Å²) in [6, 6.07) is 10.8. The molecule has 0 aliphatic rings. The average Bonchev–Trinajstić information content (AvgIpc) is 2.34. The number of thioether (sulfide) groups is 1. The van der Waals surface area contributed by atoms with Crippen LogP contribution in [0.3, 0.4) is 0 Å². The Kier molecular flexibility index (Phi) is 4.38. The molecule has 0 aromatic heterocycles. The molecule has 0 heterocycles. The zero-order valence-corrected chi connectivity index (χ0v) is 11.8. The fourth-order valence-electron chi connectivity index (χ4n) is 2.05. The van der Waals surface area contributed by atoms with Gasteiger partial charge in [0.05, 0.1) is 0 Å². The van der Waals surface area contributed by atoms with Crippen LogP contribution in [0.15, 0.2) is 41.3 Å². The van der Waals surface area contributed by atoms with Gasteiger partial charge in [-0.25, -0.2) is 4.39 Å². The molecule has 0 N–H and O–H groups in total. The van der Waals surface area contributed by atoms with Crippen molar-refractivity contribution >= 4 is 18.0 Å². The molecule has 0 aliphatic heterocycles. The fourth-order valence-corrected chi connectivity index (χ4v) is 2.97. The maximum absolute atomic E-state index is 13.3. The summed E-state index contributed by atoms with van der Waals surface area (Å²) < 4.78 is 13.3. The van der Waals surface area contributed by atoms with Crippen molar-refractivity contribution in [1.29, 1.82) is 0 Å². The van der Waals surface area contributed by atoms with Gasteiger partial charge in [-0.3, -0.25) is 4.79 Å². The molecule has 0 unspecified atom stereocenters. The van der Waals surface area contributed by atoms with E-state index in [-0.39, 0.29) is 5.82 Å². The van der Waals surface area contributed by atoms with E-state index in [0.29, 0.717) is 11.8 Å². The van der Waals surface area contributed by atoms with E-state index < -0.39 is 0 Å². The monoisotopic (exact) mass is 274 g/mol. The normalized spacial score (nSPS) is 10.5. The highest BCUT2D eigenvalue weighted by Crippen LogP contribution is 2.25. The molecule has 0 atom stereocenters. The Morgan fingerprint density at radius 3 is 2.37 bits per heavy atom. The average molecular weight is 274 g/mol. The van der Waals surface area contributed by atoms with Crippen molar-refractivity contribution in [1.82, 2.24) is 0 Å². The largest absolute Gasteiger partial charge is 0.298 e. The van der Waals surface area contributed by atoms with Crippen molar-refractivity contribution in [3.8, 4) is 0 Å².